The van der Waals surface area contributed by atoms with Crippen LogP contribution in [-0.4, -0.2) is 54.7 Å². The Balaban J connectivity index is 1.52. The molecule has 7 nitrogen and oxygen atoms in total. The van der Waals surface area contributed by atoms with E-state index in [1.54, 1.807) is 53.4 Å². The van der Waals surface area contributed by atoms with Gasteiger partial charge in [-0.1, -0.05) is 19.9 Å². The van der Waals surface area contributed by atoms with Gasteiger partial charge in [-0.05, 0) is 67.0 Å². The van der Waals surface area contributed by atoms with E-state index >= 15 is 0 Å². The Morgan fingerprint density at radius 2 is 1.81 bits per heavy atom. The Morgan fingerprint density at radius 1 is 1.09 bits per heavy atom. The maximum Gasteiger partial charge on any atom is 0.257 e. The standard InChI is InChI=1S/C24H29N3O4S/c1-17(2)10-13-31-21-8-6-18(7-9-21)22(28)26-24(32)25-20-5-3-4-19(16-20)23(29)27-11-14-30-15-12-27/h3-9,16-17H,10-15H2,1-2H3,(H2,25,26,28,32). The molecule has 32 heavy (non-hydrogen) atoms. The number of nitrogens with one attached hydrogen (secondary N) is 2. The molecule has 2 aromatic carbocycles. The summed E-state index contributed by atoms with van der Waals surface area (Å²) < 4.78 is 11.0. The number of anilines is 1. The van der Waals surface area contributed by atoms with Gasteiger partial charge in [-0.3, -0.25) is 14.9 Å². The molecule has 0 unspecified atom stereocenters. The zero-order chi connectivity index (χ0) is 22.9. The minimum absolute atomic E-state index is 0.0531. The molecule has 8 heteroatoms. The first-order chi connectivity index (χ1) is 15.4. The van der Waals surface area contributed by atoms with E-state index in [0.717, 1.165) is 12.2 Å². The highest BCUT2D eigenvalue weighted by atomic mass is 32.1. The van der Waals surface area contributed by atoms with E-state index in [1.165, 1.54) is 0 Å². The number of carbonyl (C=O) groups is 2. The molecule has 1 saturated heterocycles. The SMILES string of the molecule is CC(C)CCOc1ccc(C(=O)NC(=S)Nc2cccc(C(=O)N3CCOCC3)c2)cc1. The zero-order valence-electron chi connectivity index (χ0n) is 18.4. The number of carbonyl (C=O) groups excluding carboxylic acids is 2. The molecule has 2 N–H and O–H groups in total. The van der Waals surface area contributed by atoms with Crippen molar-refractivity contribution in [1.29, 1.82) is 0 Å². The summed E-state index contributed by atoms with van der Waals surface area (Å²) in [5, 5.41) is 5.79. The summed E-state index contributed by atoms with van der Waals surface area (Å²) in [6.45, 7) is 7.18. The molecule has 1 fully saturated rings. The molecule has 1 aliphatic rings. The Kier molecular flexibility index (Phi) is 8.58. The number of hydrogen-bond acceptors (Lipinski definition) is 5. The van der Waals surface area contributed by atoms with Gasteiger partial charge in [0.1, 0.15) is 5.75 Å². The lowest BCUT2D eigenvalue weighted by Crippen LogP contribution is -2.40. The number of nitrogens with zero attached hydrogens (tertiary/aromatic N) is 1. The summed E-state index contributed by atoms with van der Waals surface area (Å²) in [5.41, 5.74) is 1.66. The van der Waals surface area contributed by atoms with E-state index in [-0.39, 0.29) is 16.9 Å². The quantitative estimate of drug-likeness (QED) is 0.620. The molecule has 1 heterocycles. The van der Waals surface area contributed by atoms with Crippen LogP contribution in [0.3, 0.4) is 0 Å². The maximum atomic E-state index is 12.7. The van der Waals surface area contributed by atoms with Gasteiger partial charge >= 0.3 is 0 Å². The Bertz CT molecular complexity index is 941. The third-order valence-corrected chi connectivity index (χ3v) is 5.18. The number of thiocarbonyl (C=S) groups is 1. The van der Waals surface area contributed by atoms with E-state index in [9.17, 15) is 9.59 Å². The van der Waals surface area contributed by atoms with Crippen LogP contribution in [0.2, 0.25) is 0 Å². The molecule has 0 aromatic heterocycles. The highest BCUT2D eigenvalue weighted by molar-refractivity contribution is 7.80. The number of ether oxygens (including phenoxy) is 2. The van der Waals surface area contributed by atoms with Crippen LogP contribution >= 0.6 is 12.2 Å². The molecular formula is C24H29N3O4S. The molecule has 1 aliphatic heterocycles. The number of benzene rings is 2. The van der Waals surface area contributed by atoms with E-state index < -0.39 is 0 Å². The molecule has 0 radical (unpaired) electrons. The van der Waals surface area contributed by atoms with E-state index in [2.05, 4.69) is 24.5 Å². The molecule has 2 amide bonds. The highest BCUT2D eigenvalue weighted by Gasteiger charge is 2.18. The van der Waals surface area contributed by atoms with Crippen molar-refractivity contribution < 1.29 is 19.1 Å². The molecule has 0 spiro atoms. The van der Waals surface area contributed by atoms with Crippen LogP contribution in [0.25, 0.3) is 0 Å². The number of morpholine rings is 1. The van der Waals surface area contributed by atoms with E-state index in [4.69, 9.17) is 21.7 Å². The molecule has 0 aliphatic carbocycles. The summed E-state index contributed by atoms with van der Waals surface area (Å²) in [6.07, 6.45) is 0.974. The number of amides is 2. The molecular weight excluding hydrogens is 426 g/mol. The molecule has 0 bridgehead atoms. The second-order valence-electron chi connectivity index (χ2n) is 7.95. The monoisotopic (exact) mass is 455 g/mol. The van der Waals surface area contributed by atoms with Gasteiger partial charge in [0.25, 0.3) is 11.8 Å². The second-order valence-corrected chi connectivity index (χ2v) is 8.36. The van der Waals surface area contributed by atoms with Crippen molar-refractivity contribution in [1.82, 2.24) is 10.2 Å². The van der Waals surface area contributed by atoms with Crippen molar-refractivity contribution in [3.63, 3.8) is 0 Å². The van der Waals surface area contributed by atoms with Crippen molar-refractivity contribution >= 4 is 34.8 Å². The first-order valence-corrected chi connectivity index (χ1v) is 11.2. The van der Waals surface area contributed by atoms with Crippen LogP contribution in [0.5, 0.6) is 5.75 Å². The number of hydrogen-bond donors (Lipinski definition) is 2. The summed E-state index contributed by atoms with van der Waals surface area (Å²) in [7, 11) is 0. The molecule has 3 rings (SSSR count). The van der Waals surface area contributed by atoms with E-state index in [0.29, 0.717) is 55.6 Å². The van der Waals surface area contributed by atoms with Gasteiger partial charge < -0.3 is 19.7 Å². The first-order valence-electron chi connectivity index (χ1n) is 10.7. The Hall–Kier alpha value is -2.97. The highest BCUT2D eigenvalue weighted by Crippen LogP contribution is 2.15. The van der Waals surface area contributed by atoms with Crippen molar-refractivity contribution in [2.45, 2.75) is 20.3 Å². The van der Waals surface area contributed by atoms with Crippen LogP contribution in [0.15, 0.2) is 48.5 Å². The average Bonchev–Trinajstić information content (AvgIpc) is 2.79. The Labute approximate surface area is 194 Å². The largest absolute Gasteiger partial charge is 0.494 e. The lowest BCUT2D eigenvalue weighted by molar-refractivity contribution is 0.0303. The van der Waals surface area contributed by atoms with Gasteiger partial charge in [-0.15, -0.1) is 0 Å². The van der Waals surface area contributed by atoms with Crippen molar-refractivity contribution in [3.05, 3.63) is 59.7 Å². The lowest BCUT2D eigenvalue weighted by atomic mass is 10.1. The van der Waals surface area contributed by atoms with Gasteiger partial charge in [0.2, 0.25) is 0 Å². The minimum Gasteiger partial charge on any atom is -0.494 e. The third kappa shape index (κ3) is 7.03. The van der Waals surface area contributed by atoms with Gasteiger partial charge in [-0.2, -0.15) is 0 Å². The lowest BCUT2D eigenvalue weighted by Gasteiger charge is -2.27. The Morgan fingerprint density at radius 3 is 2.50 bits per heavy atom. The van der Waals surface area contributed by atoms with Crippen LogP contribution in [0.4, 0.5) is 5.69 Å². The molecule has 0 atom stereocenters. The predicted octanol–water partition coefficient (Wildman–Crippen LogP) is 3.71. The zero-order valence-corrected chi connectivity index (χ0v) is 19.2. The average molecular weight is 456 g/mol. The van der Waals surface area contributed by atoms with Crippen LogP contribution < -0.4 is 15.4 Å². The van der Waals surface area contributed by atoms with Gasteiger partial charge in [0.15, 0.2) is 5.11 Å². The smallest absolute Gasteiger partial charge is 0.257 e. The predicted molar refractivity (Wildman–Crippen MR) is 128 cm³/mol. The van der Waals surface area contributed by atoms with Gasteiger partial charge in [0.05, 0.1) is 19.8 Å². The third-order valence-electron chi connectivity index (χ3n) is 4.97. The summed E-state index contributed by atoms with van der Waals surface area (Å²) in [6, 6.07) is 14.0. The van der Waals surface area contributed by atoms with Crippen LogP contribution in [0, 0.1) is 5.92 Å². The van der Waals surface area contributed by atoms with Crippen LogP contribution in [-0.2, 0) is 4.74 Å². The second kappa shape index (κ2) is 11.6. The van der Waals surface area contributed by atoms with Gasteiger partial charge in [0, 0.05) is 29.9 Å². The van der Waals surface area contributed by atoms with Crippen molar-refractivity contribution in [2.24, 2.45) is 5.92 Å². The van der Waals surface area contributed by atoms with Gasteiger partial charge in [-0.25, -0.2) is 0 Å². The number of rotatable bonds is 7. The molecule has 2 aromatic rings. The summed E-state index contributed by atoms with van der Waals surface area (Å²) in [5.74, 6) is 0.927. The normalized spacial score (nSPS) is 13.5. The summed E-state index contributed by atoms with van der Waals surface area (Å²) in [4.78, 5) is 26.9. The first kappa shape index (κ1) is 23.7. The fraction of sp³-hybridized carbons (Fsp3) is 0.375. The van der Waals surface area contributed by atoms with Crippen LogP contribution in [0.1, 0.15) is 41.0 Å². The van der Waals surface area contributed by atoms with Crippen molar-refractivity contribution in [2.75, 3.05) is 38.2 Å². The van der Waals surface area contributed by atoms with Crippen molar-refractivity contribution in [3.8, 4) is 5.75 Å². The molecule has 170 valence electrons. The topological polar surface area (TPSA) is 79.9 Å². The fourth-order valence-corrected chi connectivity index (χ4v) is 3.34. The fourth-order valence-electron chi connectivity index (χ4n) is 3.13. The van der Waals surface area contributed by atoms with E-state index in [1.807, 2.05) is 0 Å². The maximum absolute atomic E-state index is 12.7. The molecule has 0 saturated carbocycles. The minimum atomic E-state index is -0.322. The summed E-state index contributed by atoms with van der Waals surface area (Å²) >= 11 is 5.27.